The van der Waals surface area contributed by atoms with Gasteiger partial charge >= 0.3 is 11.8 Å². The maximum absolute atomic E-state index is 11.5. The fourth-order valence-corrected chi connectivity index (χ4v) is 2.49. The van der Waals surface area contributed by atoms with Crippen LogP contribution < -0.4 is 15.5 Å². The molecule has 20 heavy (non-hydrogen) atoms. The minimum Gasteiger partial charge on any atom is -0.370 e. The first-order valence-corrected chi connectivity index (χ1v) is 7.53. The maximum Gasteiger partial charge on any atom is 0.315 e. The lowest BCUT2D eigenvalue weighted by atomic mass is 10.3. The van der Waals surface area contributed by atoms with E-state index < -0.39 is 11.8 Å². The Hall–Kier alpha value is -1.51. The van der Waals surface area contributed by atoms with Crippen LogP contribution in [0.1, 0.15) is 6.42 Å². The van der Waals surface area contributed by atoms with Gasteiger partial charge < -0.3 is 15.0 Å². The minimum atomic E-state index is -0.668. The van der Waals surface area contributed by atoms with Crippen molar-refractivity contribution in [1.82, 2.24) is 10.3 Å². The minimum absolute atomic E-state index is 0.433. The van der Waals surface area contributed by atoms with Gasteiger partial charge in [0.2, 0.25) is 0 Å². The van der Waals surface area contributed by atoms with Crippen LogP contribution in [-0.2, 0) is 14.3 Å². The summed E-state index contributed by atoms with van der Waals surface area (Å²) in [6.07, 6.45) is 2.43. The van der Waals surface area contributed by atoms with Crippen molar-refractivity contribution in [2.45, 2.75) is 6.42 Å². The zero-order valence-corrected chi connectivity index (χ0v) is 12.0. The predicted octanol–water partition coefficient (Wildman–Crippen LogP) is -1.50. The van der Waals surface area contributed by atoms with Gasteiger partial charge in [-0.25, -0.2) is 4.98 Å². The van der Waals surface area contributed by atoms with Gasteiger partial charge in [-0.3, -0.25) is 14.9 Å². The number of anilines is 1. The molecule has 1 saturated heterocycles. The highest BCUT2D eigenvalue weighted by molar-refractivity contribution is 7.13. The Morgan fingerprint density at radius 2 is 2.15 bits per heavy atom. The van der Waals surface area contributed by atoms with Gasteiger partial charge in [0.25, 0.3) is 0 Å². The van der Waals surface area contributed by atoms with Crippen molar-refractivity contribution >= 4 is 28.3 Å². The molecule has 110 valence electrons. The molecule has 2 rings (SSSR count). The van der Waals surface area contributed by atoms with E-state index in [2.05, 4.69) is 15.6 Å². The molecule has 7 nitrogen and oxygen atoms in total. The van der Waals surface area contributed by atoms with E-state index in [1.807, 2.05) is 0 Å². The molecule has 0 spiro atoms. The van der Waals surface area contributed by atoms with E-state index >= 15 is 0 Å². The highest BCUT2D eigenvalue weighted by Crippen LogP contribution is 2.09. The summed E-state index contributed by atoms with van der Waals surface area (Å²) in [6, 6.07) is 0. The summed E-state index contributed by atoms with van der Waals surface area (Å²) in [5.74, 6) is -1.28. The Labute approximate surface area is 121 Å². The van der Waals surface area contributed by atoms with Crippen LogP contribution in [0.15, 0.2) is 11.6 Å². The van der Waals surface area contributed by atoms with Crippen LogP contribution in [0.4, 0.5) is 5.13 Å². The number of nitrogens with zero attached hydrogens (tertiary/aromatic N) is 1. The van der Waals surface area contributed by atoms with Crippen molar-refractivity contribution in [3.05, 3.63) is 11.6 Å². The van der Waals surface area contributed by atoms with E-state index in [9.17, 15) is 9.59 Å². The predicted molar refractivity (Wildman–Crippen MR) is 74.8 cm³/mol. The lowest BCUT2D eigenvalue weighted by Gasteiger charge is -2.23. The largest absolute Gasteiger partial charge is 0.370 e. The van der Waals surface area contributed by atoms with Gasteiger partial charge in [0.1, 0.15) is 13.1 Å². The van der Waals surface area contributed by atoms with Crippen LogP contribution in [0, 0.1) is 0 Å². The smallest absolute Gasteiger partial charge is 0.315 e. The van der Waals surface area contributed by atoms with Crippen molar-refractivity contribution in [1.29, 1.82) is 0 Å². The van der Waals surface area contributed by atoms with E-state index in [1.165, 1.54) is 16.2 Å². The summed E-state index contributed by atoms with van der Waals surface area (Å²) in [5, 5.41) is 7.23. The standard InChI is InChI=1S/C12H18N4O3S/c17-10(11(18)15-12-14-3-9-20-12)13-2-1-4-16-5-7-19-8-6-16/h3,9H,1-2,4-8H2,(H,13,17)(H,14,15,18)/p+1. The van der Waals surface area contributed by atoms with Gasteiger partial charge in [0.15, 0.2) is 5.13 Å². The summed E-state index contributed by atoms with van der Waals surface area (Å²) < 4.78 is 5.28. The summed E-state index contributed by atoms with van der Waals surface area (Å²) in [7, 11) is 0. The molecule has 2 heterocycles. The van der Waals surface area contributed by atoms with Gasteiger partial charge in [-0.1, -0.05) is 0 Å². The summed E-state index contributed by atoms with van der Waals surface area (Å²) in [5.41, 5.74) is 0. The first-order chi connectivity index (χ1) is 9.75. The molecule has 0 bridgehead atoms. The number of quaternary nitrogens is 1. The normalized spacial score (nSPS) is 15.8. The Balaban J connectivity index is 1.58. The molecule has 0 radical (unpaired) electrons. The number of carbonyl (C=O) groups is 2. The third-order valence-corrected chi connectivity index (χ3v) is 3.74. The van der Waals surface area contributed by atoms with Crippen molar-refractivity contribution in [2.24, 2.45) is 0 Å². The molecule has 1 aromatic rings. The fraction of sp³-hybridized carbons (Fsp3) is 0.583. The summed E-state index contributed by atoms with van der Waals surface area (Å²) >= 11 is 1.28. The van der Waals surface area contributed by atoms with E-state index in [4.69, 9.17) is 4.74 Å². The molecule has 0 aliphatic carbocycles. The summed E-state index contributed by atoms with van der Waals surface area (Å²) in [4.78, 5) is 28.4. The van der Waals surface area contributed by atoms with Crippen LogP contribution in [0.2, 0.25) is 0 Å². The zero-order chi connectivity index (χ0) is 14.2. The monoisotopic (exact) mass is 299 g/mol. The van der Waals surface area contributed by atoms with E-state index in [0.29, 0.717) is 11.7 Å². The van der Waals surface area contributed by atoms with E-state index in [0.717, 1.165) is 39.3 Å². The highest BCUT2D eigenvalue weighted by atomic mass is 32.1. The highest BCUT2D eigenvalue weighted by Gasteiger charge is 2.15. The number of rotatable bonds is 5. The molecule has 8 heteroatoms. The van der Waals surface area contributed by atoms with Crippen molar-refractivity contribution < 1.29 is 19.2 Å². The Morgan fingerprint density at radius 1 is 1.35 bits per heavy atom. The molecule has 1 aromatic heterocycles. The third-order valence-electron chi connectivity index (χ3n) is 3.05. The van der Waals surface area contributed by atoms with Crippen molar-refractivity contribution in [2.75, 3.05) is 44.7 Å². The van der Waals surface area contributed by atoms with Crippen molar-refractivity contribution in [3.8, 4) is 0 Å². The van der Waals surface area contributed by atoms with Gasteiger partial charge in [-0.15, -0.1) is 11.3 Å². The molecule has 1 fully saturated rings. The van der Waals surface area contributed by atoms with Crippen LogP contribution in [-0.4, -0.2) is 56.2 Å². The zero-order valence-electron chi connectivity index (χ0n) is 11.2. The van der Waals surface area contributed by atoms with Gasteiger partial charge in [-0.05, 0) is 0 Å². The second-order valence-electron chi connectivity index (χ2n) is 4.51. The van der Waals surface area contributed by atoms with Crippen LogP contribution in [0.25, 0.3) is 0 Å². The first kappa shape index (κ1) is 14.9. The SMILES string of the molecule is O=C(NCCC[NH+]1CCOCC1)C(=O)Nc1nccs1. The van der Waals surface area contributed by atoms with Crippen molar-refractivity contribution in [3.63, 3.8) is 0 Å². The molecule has 1 aliphatic heterocycles. The molecule has 0 saturated carbocycles. The number of hydrogen-bond acceptors (Lipinski definition) is 5. The number of morpholine rings is 1. The lowest BCUT2D eigenvalue weighted by Crippen LogP contribution is -3.14. The van der Waals surface area contributed by atoms with Gasteiger partial charge in [0.05, 0.1) is 19.8 Å². The number of amides is 2. The number of carbonyl (C=O) groups excluding carboxylic acids is 2. The van der Waals surface area contributed by atoms with Crippen LogP contribution in [0.3, 0.4) is 0 Å². The lowest BCUT2D eigenvalue weighted by molar-refractivity contribution is -0.908. The Kier molecular flexibility index (Phi) is 5.90. The molecule has 0 atom stereocenters. The van der Waals surface area contributed by atoms with Crippen LogP contribution in [0.5, 0.6) is 0 Å². The topological polar surface area (TPSA) is 84.8 Å². The molecule has 3 N–H and O–H groups in total. The Morgan fingerprint density at radius 3 is 2.85 bits per heavy atom. The van der Waals surface area contributed by atoms with Crippen LogP contribution >= 0.6 is 11.3 Å². The van der Waals surface area contributed by atoms with E-state index in [-0.39, 0.29) is 0 Å². The first-order valence-electron chi connectivity index (χ1n) is 6.65. The molecule has 0 unspecified atom stereocenters. The Bertz CT molecular complexity index is 432. The molecule has 2 amide bonds. The fourth-order valence-electron chi connectivity index (χ4n) is 1.97. The van der Waals surface area contributed by atoms with E-state index in [1.54, 1.807) is 11.6 Å². The average Bonchev–Trinajstić information content (AvgIpc) is 2.97. The number of aromatic nitrogens is 1. The number of thiazole rings is 1. The number of hydrogen-bond donors (Lipinski definition) is 3. The molecular formula is C12H19N4O3S+. The quantitative estimate of drug-likeness (QED) is 0.456. The molecular weight excluding hydrogens is 280 g/mol. The second-order valence-corrected chi connectivity index (χ2v) is 5.41. The van der Waals surface area contributed by atoms with Gasteiger partial charge in [-0.2, -0.15) is 0 Å². The molecule has 0 aromatic carbocycles. The number of ether oxygens (including phenoxy) is 1. The second kappa shape index (κ2) is 7.93. The maximum atomic E-state index is 11.5. The summed E-state index contributed by atoms with van der Waals surface area (Å²) in [6.45, 7) is 5.12. The third kappa shape index (κ3) is 4.87. The molecule has 1 aliphatic rings. The van der Waals surface area contributed by atoms with Gasteiger partial charge in [0, 0.05) is 24.5 Å². The number of nitrogens with one attached hydrogen (secondary N) is 3. The average molecular weight is 299 g/mol.